The highest BCUT2D eigenvalue weighted by Crippen LogP contribution is 2.29. The molecule has 1 N–H and O–H groups in total. The normalized spacial score (nSPS) is 14.9. The Hall–Kier alpha value is -2.44. The van der Waals surface area contributed by atoms with E-state index in [1.165, 1.54) is 27.7 Å². The first-order chi connectivity index (χ1) is 12.3. The predicted octanol–water partition coefficient (Wildman–Crippen LogP) is 4.15. The highest BCUT2D eigenvalue weighted by Gasteiger charge is 2.22. The fourth-order valence-corrected chi connectivity index (χ4v) is 4.18. The average molecular weight is 350 g/mol. The largest absolute Gasteiger partial charge is 0.358 e. The summed E-state index contributed by atoms with van der Waals surface area (Å²) in [5.41, 5.74) is 5.30. The molecule has 0 fully saturated rings. The van der Waals surface area contributed by atoms with E-state index >= 15 is 0 Å². The molecule has 0 aliphatic carbocycles. The van der Waals surface area contributed by atoms with Gasteiger partial charge in [0.25, 0.3) is 0 Å². The molecule has 0 amide bonds. The Labute approximate surface area is 149 Å². The first kappa shape index (κ1) is 14.9. The Kier molecular flexibility index (Phi) is 3.46. The van der Waals surface area contributed by atoms with Gasteiger partial charge in [0.15, 0.2) is 0 Å². The minimum Gasteiger partial charge on any atom is -0.358 e. The minimum absolute atomic E-state index is 0.683. The first-order valence-corrected chi connectivity index (χ1v) is 9.33. The summed E-state index contributed by atoms with van der Waals surface area (Å²) in [6.45, 7) is 4.74. The molecule has 4 heterocycles. The lowest BCUT2D eigenvalue weighted by Crippen LogP contribution is -2.29. The molecule has 1 aliphatic heterocycles. The SMILES string of the molecule is Cc1ccc2[nH]c3c(c2c1)CN(Cc1nc(-c2cccs2)no1)CC3. The summed E-state index contributed by atoms with van der Waals surface area (Å²) in [6, 6.07) is 10.6. The van der Waals surface area contributed by atoms with Gasteiger partial charge >= 0.3 is 0 Å². The van der Waals surface area contributed by atoms with Gasteiger partial charge in [-0.1, -0.05) is 22.9 Å². The van der Waals surface area contributed by atoms with Gasteiger partial charge in [-0.2, -0.15) is 4.98 Å². The van der Waals surface area contributed by atoms with Crippen LogP contribution in [0.25, 0.3) is 21.6 Å². The molecule has 126 valence electrons. The third-order valence-electron chi connectivity index (χ3n) is 4.78. The maximum Gasteiger partial charge on any atom is 0.241 e. The van der Waals surface area contributed by atoms with Crippen LogP contribution in [0.1, 0.15) is 22.7 Å². The van der Waals surface area contributed by atoms with Gasteiger partial charge in [-0.15, -0.1) is 11.3 Å². The molecular formula is C19H18N4OS. The highest BCUT2D eigenvalue weighted by atomic mass is 32.1. The van der Waals surface area contributed by atoms with E-state index in [-0.39, 0.29) is 0 Å². The van der Waals surface area contributed by atoms with E-state index in [1.807, 2.05) is 17.5 Å². The van der Waals surface area contributed by atoms with Crippen LogP contribution < -0.4 is 0 Å². The zero-order valence-electron chi connectivity index (χ0n) is 14.0. The molecule has 3 aromatic heterocycles. The van der Waals surface area contributed by atoms with Gasteiger partial charge in [0.05, 0.1) is 11.4 Å². The lowest BCUT2D eigenvalue weighted by atomic mass is 10.0. The molecule has 0 bridgehead atoms. The van der Waals surface area contributed by atoms with Gasteiger partial charge in [-0.3, -0.25) is 4.90 Å². The zero-order valence-corrected chi connectivity index (χ0v) is 14.8. The molecule has 0 saturated heterocycles. The number of hydrogen-bond acceptors (Lipinski definition) is 5. The summed E-state index contributed by atoms with van der Waals surface area (Å²) in [6.07, 6.45) is 1.02. The van der Waals surface area contributed by atoms with Crippen molar-refractivity contribution in [3.63, 3.8) is 0 Å². The average Bonchev–Trinajstić information content (AvgIpc) is 3.34. The van der Waals surface area contributed by atoms with Crippen molar-refractivity contribution in [3.8, 4) is 10.7 Å². The van der Waals surface area contributed by atoms with Crippen LogP contribution in [-0.4, -0.2) is 26.6 Å². The fourth-order valence-electron chi connectivity index (χ4n) is 3.54. The van der Waals surface area contributed by atoms with Crippen LogP contribution in [0.3, 0.4) is 0 Å². The molecule has 0 spiro atoms. The van der Waals surface area contributed by atoms with E-state index < -0.39 is 0 Å². The molecule has 4 aromatic rings. The van der Waals surface area contributed by atoms with Crippen molar-refractivity contribution in [1.82, 2.24) is 20.0 Å². The summed E-state index contributed by atoms with van der Waals surface area (Å²) < 4.78 is 5.46. The topological polar surface area (TPSA) is 58.0 Å². The second-order valence-corrected chi connectivity index (χ2v) is 7.53. The summed E-state index contributed by atoms with van der Waals surface area (Å²) in [5, 5.41) is 7.47. The van der Waals surface area contributed by atoms with Crippen LogP contribution in [-0.2, 0) is 19.5 Å². The van der Waals surface area contributed by atoms with Gasteiger partial charge in [-0.25, -0.2) is 0 Å². The molecule has 0 saturated carbocycles. The zero-order chi connectivity index (χ0) is 16.8. The highest BCUT2D eigenvalue weighted by molar-refractivity contribution is 7.13. The number of nitrogens with zero attached hydrogens (tertiary/aromatic N) is 3. The Morgan fingerprint density at radius 3 is 3.16 bits per heavy atom. The molecule has 1 aliphatic rings. The number of H-pyrrole nitrogens is 1. The standard InChI is InChI=1S/C19H18N4OS/c1-12-4-5-15-13(9-12)14-10-23(7-6-16(14)20-15)11-18-21-19(22-24-18)17-3-2-8-25-17/h2-5,8-9,20H,6-7,10-11H2,1H3. The van der Waals surface area contributed by atoms with Gasteiger partial charge in [0.2, 0.25) is 11.7 Å². The summed E-state index contributed by atoms with van der Waals surface area (Å²) in [5.74, 6) is 1.37. The smallest absolute Gasteiger partial charge is 0.241 e. The van der Waals surface area contributed by atoms with Crippen molar-refractivity contribution in [2.24, 2.45) is 0 Å². The van der Waals surface area contributed by atoms with Crippen molar-refractivity contribution < 1.29 is 4.52 Å². The van der Waals surface area contributed by atoms with Crippen molar-refractivity contribution in [3.05, 3.63) is 58.4 Å². The molecule has 6 heteroatoms. The maximum atomic E-state index is 5.46. The first-order valence-electron chi connectivity index (χ1n) is 8.45. The number of benzene rings is 1. The number of fused-ring (bicyclic) bond motifs is 3. The molecule has 5 rings (SSSR count). The number of rotatable bonds is 3. The molecule has 0 radical (unpaired) electrons. The molecule has 1 aromatic carbocycles. The Balaban J connectivity index is 1.39. The fraction of sp³-hybridized carbons (Fsp3) is 0.263. The number of aryl methyl sites for hydroxylation is 1. The molecule has 0 unspecified atom stereocenters. The van der Waals surface area contributed by atoms with E-state index in [0.717, 1.165) is 24.4 Å². The number of thiophene rings is 1. The van der Waals surface area contributed by atoms with E-state index in [4.69, 9.17) is 4.52 Å². The minimum atomic E-state index is 0.683. The van der Waals surface area contributed by atoms with Crippen molar-refractivity contribution in [1.29, 1.82) is 0 Å². The van der Waals surface area contributed by atoms with E-state index in [9.17, 15) is 0 Å². The second-order valence-electron chi connectivity index (χ2n) is 6.58. The third-order valence-corrected chi connectivity index (χ3v) is 5.64. The quantitative estimate of drug-likeness (QED) is 0.603. The van der Waals surface area contributed by atoms with Gasteiger partial charge in [0, 0.05) is 36.1 Å². The van der Waals surface area contributed by atoms with E-state index in [0.29, 0.717) is 18.3 Å². The van der Waals surface area contributed by atoms with Crippen molar-refractivity contribution >= 4 is 22.2 Å². The Morgan fingerprint density at radius 1 is 1.32 bits per heavy atom. The monoisotopic (exact) mass is 350 g/mol. The van der Waals surface area contributed by atoms with Gasteiger partial charge in [-0.05, 0) is 36.1 Å². The van der Waals surface area contributed by atoms with Crippen molar-refractivity contribution in [2.75, 3.05) is 6.54 Å². The van der Waals surface area contributed by atoms with E-state index in [1.54, 1.807) is 11.3 Å². The Morgan fingerprint density at radius 2 is 2.28 bits per heavy atom. The lowest BCUT2D eigenvalue weighted by molar-refractivity contribution is 0.210. The third kappa shape index (κ3) is 2.67. The number of aromatic amines is 1. The summed E-state index contributed by atoms with van der Waals surface area (Å²) >= 11 is 1.63. The van der Waals surface area contributed by atoms with Crippen LogP contribution in [0.15, 0.2) is 40.2 Å². The van der Waals surface area contributed by atoms with Crippen LogP contribution >= 0.6 is 11.3 Å². The molecule has 5 nitrogen and oxygen atoms in total. The lowest BCUT2D eigenvalue weighted by Gasteiger charge is -2.25. The van der Waals surface area contributed by atoms with Crippen LogP contribution in [0, 0.1) is 6.92 Å². The summed E-state index contributed by atoms with van der Waals surface area (Å²) in [7, 11) is 0. The second kappa shape index (κ2) is 5.82. The number of aromatic nitrogens is 3. The summed E-state index contributed by atoms with van der Waals surface area (Å²) in [4.78, 5) is 11.5. The molecular weight excluding hydrogens is 332 g/mol. The Bertz CT molecular complexity index is 1030. The van der Waals surface area contributed by atoms with Gasteiger partial charge in [0.1, 0.15) is 0 Å². The molecule has 25 heavy (non-hydrogen) atoms. The number of hydrogen-bond donors (Lipinski definition) is 1. The molecule has 0 atom stereocenters. The van der Waals surface area contributed by atoms with Crippen LogP contribution in [0.2, 0.25) is 0 Å². The van der Waals surface area contributed by atoms with Crippen LogP contribution in [0.5, 0.6) is 0 Å². The van der Waals surface area contributed by atoms with Crippen LogP contribution in [0.4, 0.5) is 0 Å². The van der Waals surface area contributed by atoms with Crippen molar-refractivity contribution in [2.45, 2.75) is 26.4 Å². The predicted molar refractivity (Wildman–Crippen MR) is 98.5 cm³/mol. The number of nitrogens with one attached hydrogen (secondary N) is 1. The van der Waals surface area contributed by atoms with Gasteiger partial charge < -0.3 is 9.51 Å². The maximum absolute atomic E-state index is 5.46. The van der Waals surface area contributed by atoms with E-state index in [2.05, 4.69) is 45.1 Å².